The molecule has 0 radical (unpaired) electrons. The Morgan fingerprint density at radius 2 is 1.95 bits per heavy atom. The van der Waals surface area contributed by atoms with E-state index in [1.165, 1.54) is 0 Å². The molecule has 0 aliphatic rings. The second-order valence-corrected chi connectivity index (χ2v) is 5.31. The van der Waals surface area contributed by atoms with Crippen LogP contribution in [0.2, 0.25) is 0 Å². The molecule has 20 heavy (non-hydrogen) atoms. The number of rotatable bonds is 6. The number of nitrogens with two attached hydrogens (primary N) is 1. The number of phenolic OH excluding ortho intramolecular Hbond substituents is 1. The normalized spacial score (nSPS) is 13.0. The maximum absolute atomic E-state index is 10.3. The van der Waals surface area contributed by atoms with Gasteiger partial charge in [0.15, 0.2) is 0 Å². The van der Waals surface area contributed by atoms with Crippen molar-refractivity contribution in [2.75, 3.05) is 20.1 Å². The van der Waals surface area contributed by atoms with E-state index in [2.05, 4.69) is 31.0 Å². The summed E-state index contributed by atoms with van der Waals surface area (Å²) in [5.74, 6) is 0.336. The molecule has 2 aromatic rings. The van der Waals surface area contributed by atoms with E-state index < -0.39 is 0 Å². The summed E-state index contributed by atoms with van der Waals surface area (Å²) in [6.07, 6.45) is 2.29. The molecule has 0 bridgehead atoms. The van der Waals surface area contributed by atoms with E-state index in [4.69, 9.17) is 5.73 Å². The van der Waals surface area contributed by atoms with Gasteiger partial charge in [0.25, 0.3) is 0 Å². The molecule has 1 unspecified atom stereocenters. The first-order valence-electron chi connectivity index (χ1n) is 7.30. The fraction of sp³-hybridized carbons (Fsp3) is 0.412. The highest BCUT2D eigenvalue weighted by Gasteiger charge is 2.20. The summed E-state index contributed by atoms with van der Waals surface area (Å²) in [5.41, 5.74) is 6.93. The Labute approximate surface area is 121 Å². The van der Waals surface area contributed by atoms with E-state index in [9.17, 15) is 5.11 Å². The largest absolute Gasteiger partial charge is 0.508 e. The minimum Gasteiger partial charge on any atom is -0.508 e. The number of fused-ring (bicyclic) bond motifs is 1. The molecular weight excluding hydrogens is 248 g/mol. The summed E-state index contributed by atoms with van der Waals surface area (Å²) < 4.78 is 0. The lowest BCUT2D eigenvalue weighted by Gasteiger charge is -2.28. The summed E-state index contributed by atoms with van der Waals surface area (Å²) in [6, 6.07) is 11.9. The Balaban J connectivity index is 2.45. The maximum atomic E-state index is 10.3. The Hall–Kier alpha value is -1.58. The number of likely N-dealkylation sites (N-methyl/N-ethyl adjacent to an activating group) is 1. The predicted octanol–water partition coefficient (Wildman–Crippen LogP) is 3.28. The third kappa shape index (κ3) is 2.94. The van der Waals surface area contributed by atoms with Crippen molar-refractivity contribution >= 4 is 10.8 Å². The van der Waals surface area contributed by atoms with Crippen LogP contribution in [0.15, 0.2) is 36.4 Å². The van der Waals surface area contributed by atoms with Crippen LogP contribution in [0.4, 0.5) is 0 Å². The molecule has 3 N–H and O–H groups in total. The average Bonchev–Trinajstić information content (AvgIpc) is 2.48. The van der Waals surface area contributed by atoms with Gasteiger partial charge in [0, 0.05) is 12.1 Å². The van der Waals surface area contributed by atoms with Gasteiger partial charge in [-0.3, -0.25) is 4.90 Å². The van der Waals surface area contributed by atoms with Gasteiger partial charge >= 0.3 is 0 Å². The quantitative estimate of drug-likeness (QED) is 0.848. The van der Waals surface area contributed by atoms with Gasteiger partial charge in [0.05, 0.1) is 6.04 Å². The molecule has 2 rings (SSSR count). The minimum atomic E-state index is 0.0487. The zero-order valence-electron chi connectivity index (χ0n) is 12.3. The molecule has 3 nitrogen and oxygen atoms in total. The van der Waals surface area contributed by atoms with Gasteiger partial charge in [-0.2, -0.15) is 0 Å². The first-order chi connectivity index (χ1) is 9.69. The Morgan fingerprint density at radius 3 is 2.65 bits per heavy atom. The smallest absolute Gasteiger partial charge is 0.121 e. The zero-order valence-corrected chi connectivity index (χ0v) is 12.3. The van der Waals surface area contributed by atoms with E-state index in [1.807, 2.05) is 18.2 Å². The monoisotopic (exact) mass is 272 g/mol. The van der Waals surface area contributed by atoms with Gasteiger partial charge in [0.1, 0.15) is 5.75 Å². The molecule has 0 aliphatic carbocycles. The van der Waals surface area contributed by atoms with Crippen molar-refractivity contribution in [1.29, 1.82) is 0 Å². The van der Waals surface area contributed by atoms with Gasteiger partial charge < -0.3 is 10.8 Å². The van der Waals surface area contributed by atoms with Crippen LogP contribution in [-0.4, -0.2) is 30.1 Å². The van der Waals surface area contributed by atoms with E-state index in [-0.39, 0.29) is 6.04 Å². The molecule has 1 atom stereocenters. The van der Waals surface area contributed by atoms with Gasteiger partial charge in [-0.25, -0.2) is 0 Å². The summed E-state index contributed by atoms with van der Waals surface area (Å²) in [7, 11) is 2.08. The van der Waals surface area contributed by atoms with Crippen LogP contribution in [0, 0.1) is 0 Å². The van der Waals surface area contributed by atoms with Gasteiger partial charge in [-0.05, 0) is 36.9 Å². The summed E-state index contributed by atoms with van der Waals surface area (Å²) in [4.78, 5) is 2.24. The van der Waals surface area contributed by atoms with Crippen LogP contribution in [0.5, 0.6) is 5.75 Å². The third-order valence-corrected chi connectivity index (χ3v) is 3.90. The third-order valence-electron chi connectivity index (χ3n) is 3.90. The summed E-state index contributed by atoms with van der Waals surface area (Å²) in [5, 5.41) is 12.5. The Morgan fingerprint density at radius 1 is 1.20 bits per heavy atom. The van der Waals surface area contributed by atoms with Crippen molar-refractivity contribution in [2.45, 2.75) is 25.8 Å². The molecule has 3 heteroatoms. The average molecular weight is 272 g/mol. The Bertz CT molecular complexity index is 568. The standard InChI is InChI=1S/C17H24N2O/c1-3-4-11-19(2)15(12-18)17-14-8-6-5-7-13(14)9-10-16(17)20/h5-10,15,20H,3-4,11-12,18H2,1-2H3. The first-order valence-corrected chi connectivity index (χ1v) is 7.30. The minimum absolute atomic E-state index is 0.0487. The fourth-order valence-electron chi connectivity index (χ4n) is 2.72. The summed E-state index contributed by atoms with van der Waals surface area (Å²) in [6.45, 7) is 3.67. The van der Waals surface area contributed by atoms with Crippen molar-refractivity contribution in [2.24, 2.45) is 5.73 Å². The molecule has 0 aliphatic heterocycles. The highest BCUT2D eigenvalue weighted by atomic mass is 16.3. The number of hydrogen-bond donors (Lipinski definition) is 2. The van der Waals surface area contributed by atoms with E-state index >= 15 is 0 Å². The molecule has 0 fully saturated rings. The molecule has 0 saturated carbocycles. The second-order valence-electron chi connectivity index (χ2n) is 5.31. The van der Waals surface area contributed by atoms with E-state index in [0.717, 1.165) is 35.7 Å². The van der Waals surface area contributed by atoms with Gasteiger partial charge in [-0.15, -0.1) is 0 Å². The molecule has 0 amide bonds. The lowest BCUT2D eigenvalue weighted by atomic mass is 9.96. The lowest BCUT2D eigenvalue weighted by Crippen LogP contribution is -2.31. The van der Waals surface area contributed by atoms with Crippen LogP contribution in [0.3, 0.4) is 0 Å². The van der Waals surface area contributed by atoms with Crippen LogP contribution in [0.25, 0.3) is 10.8 Å². The SMILES string of the molecule is CCCCN(C)C(CN)c1c(O)ccc2ccccc12. The lowest BCUT2D eigenvalue weighted by molar-refractivity contribution is 0.243. The fourth-order valence-corrected chi connectivity index (χ4v) is 2.72. The van der Waals surface area contributed by atoms with E-state index in [1.54, 1.807) is 6.07 Å². The molecule has 0 saturated heterocycles. The second kappa shape index (κ2) is 6.73. The molecule has 0 heterocycles. The van der Waals surface area contributed by atoms with Crippen LogP contribution < -0.4 is 5.73 Å². The maximum Gasteiger partial charge on any atom is 0.121 e. The number of hydrogen-bond acceptors (Lipinski definition) is 3. The first kappa shape index (κ1) is 14.8. The van der Waals surface area contributed by atoms with Crippen molar-refractivity contribution < 1.29 is 5.11 Å². The number of benzene rings is 2. The number of phenols is 1. The molecular formula is C17H24N2O. The highest BCUT2D eigenvalue weighted by molar-refractivity contribution is 5.88. The highest BCUT2D eigenvalue weighted by Crippen LogP contribution is 2.34. The zero-order chi connectivity index (χ0) is 14.5. The summed E-state index contributed by atoms with van der Waals surface area (Å²) >= 11 is 0. The van der Waals surface area contributed by atoms with Crippen molar-refractivity contribution in [3.63, 3.8) is 0 Å². The van der Waals surface area contributed by atoms with Crippen LogP contribution >= 0.6 is 0 Å². The molecule has 108 valence electrons. The van der Waals surface area contributed by atoms with Gasteiger partial charge in [0.2, 0.25) is 0 Å². The number of nitrogens with zero attached hydrogens (tertiary/aromatic N) is 1. The topological polar surface area (TPSA) is 49.5 Å². The van der Waals surface area contributed by atoms with Crippen molar-refractivity contribution in [3.05, 3.63) is 42.0 Å². The van der Waals surface area contributed by atoms with Crippen molar-refractivity contribution in [1.82, 2.24) is 4.90 Å². The number of unbranched alkanes of at least 4 members (excludes halogenated alkanes) is 1. The molecule has 0 aromatic heterocycles. The molecule has 0 spiro atoms. The Kier molecular flexibility index (Phi) is 4.99. The van der Waals surface area contributed by atoms with E-state index in [0.29, 0.717) is 12.3 Å². The van der Waals surface area contributed by atoms with Crippen LogP contribution in [0.1, 0.15) is 31.4 Å². The van der Waals surface area contributed by atoms with Crippen LogP contribution in [-0.2, 0) is 0 Å². The predicted molar refractivity (Wildman–Crippen MR) is 84.9 cm³/mol. The number of aromatic hydroxyl groups is 1. The van der Waals surface area contributed by atoms with Crippen molar-refractivity contribution in [3.8, 4) is 5.75 Å². The molecule has 2 aromatic carbocycles. The van der Waals surface area contributed by atoms with Gasteiger partial charge in [-0.1, -0.05) is 43.7 Å².